The lowest BCUT2D eigenvalue weighted by Crippen LogP contribution is -2.18. The molecule has 0 saturated carbocycles. The van der Waals surface area contributed by atoms with Crippen LogP contribution in [0.4, 0.5) is 15.5 Å². The second kappa shape index (κ2) is 9.15. The Kier molecular flexibility index (Phi) is 6.39. The molecule has 0 radical (unpaired) electrons. The molecule has 0 aliphatic rings. The van der Waals surface area contributed by atoms with Gasteiger partial charge in [-0.1, -0.05) is 18.2 Å². The summed E-state index contributed by atoms with van der Waals surface area (Å²) in [4.78, 5) is 25.1. The van der Waals surface area contributed by atoms with Crippen molar-refractivity contribution in [2.24, 2.45) is 0 Å². The summed E-state index contributed by atoms with van der Waals surface area (Å²) in [6.45, 7) is 1.50. The first-order chi connectivity index (χ1) is 13.2. The van der Waals surface area contributed by atoms with Gasteiger partial charge in [0.15, 0.2) is 5.13 Å². The molecule has 0 bridgehead atoms. The van der Waals surface area contributed by atoms with Crippen LogP contribution in [0.3, 0.4) is 0 Å². The number of likely N-dealkylation sites (N-methyl/N-ethyl adjacent to an activating group) is 1. The van der Waals surface area contributed by atoms with Crippen molar-refractivity contribution in [2.45, 2.75) is 6.42 Å². The van der Waals surface area contributed by atoms with E-state index in [2.05, 4.69) is 30.9 Å². The Morgan fingerprint density at radius 1 is 1.15 bits per heavy atom. The maximum Gasteiger partial charge on any atom is 0.230 e. The number of carbonyl (C=O) groups excluding carboxylic acids is 1. The first-order valence-electron chi connectivity index (χ1n) is 8.36. The molecule has 7 nitrogen and oxygen atoms in total. The Balaban J connectivity index is 1.63. The van der Waals surface area contributed by atoms with Crippen molar-refractivity contribution >= 4 is 28.3 Å². The van der Waals surface area contributed by atoms with Gasteiger partial charge in [-0.15, -0.1) is 11.3 Å². The molecule has 2 aromatic heterocycles. The third-order valence-electron chi connectivity index (χ3n) is 3.64. The number of hydrogen-bond acceptors (Lipinski definition) is 7. The molecular weight excluding hydrogens is 367 g/mol. The standard InChI is InChI=1S/C18H19FN6OS/c1-20-8-9-22-17-21-7-6-14(23-17)15-11-27-18(24-15)25-16(26)10-12-4-2-3-5-13(12)19/h2-7,11,20H,8-10H2,1H3,(H,21,22,23)(H,24,25,26). The smallest absolute Gasteiger partial charge is 0.230 e. The molecule has 0 atom stereocenters. The van der Waals surface area contributed by atoms with Crippen molar-refractivity contribution in [3.63, 3.8) is 0 Å². The van der Waals surface area contributed by atoms with Gasteiger partial charge >= 0.3 is 0 Å². The second-order valence-electron chi connectivity index (χ2n) is 5.65. The zero-order chi connectivity index (χ0) is 19.1. The molecule has 0 aliphatic carbocycles. The Morgan fingerprint density at radius 3 is 2.81 bits per heavy atom. The summed E-state index contributed by atoms with van der Waals surface area (Å²) in [6, 6.07) is 7.97. The van der Waals surface area contributed by atoms with Crippen molar-refractivity contribution in [1.82, 2.24) is 20.3 Å². The molecule has 3 rings (SSSR count). The number of hydrogen-bond donors (Lipinski definition) is 3. The average molecular weight is 386 g/mol. The van der Waals surface area contributed by atoms with Gasteiger partial charge in [0, 0.05) is 24.7 Å². The number of anilines is 2. The predicted molar refractivity (Wildman–Crippen MR) is 104 cm³/mol. The average Bonchev–Trinajstić information content (AvgIpc) is 3.12. The Morgan fingerprint density at radius 2 is 2.00 bits per heavy atom. The lowest BCUT2D eigenvalue weighted by Gasteiger charge is -2.05. The molecule has 140 valence electrons. The maximum atomic E-state index is 13.6. The van der Waals surface area contributed by atoms with Gasteiger partial charge < -0.3 is 16.0 Å². The van der Waals surface area contributed by atoms with Crippen molar-refractivity contribution in [3.8, 4) is 11.4 Å². The summed E-state index contributed by atoms with van der Waals surface area (Å²) in [5.74, 6) is -0.203. The number of carbonyl (C=O) groups is 1. The van der Waals surface area contributed by atoms with E-state index in [9.17, 15) is 9.18 Å². The largest absolute Gasteiger partial charge is 0.353 e. The number of nitrogens with zero attached hydrogens (tertiary/aromatic N) is 3. The van der Waals surface area contributed by atoms with Crippen LogP contribution in [0, 0.1) is 5.82 Å². The summed E-state index contributed by atoms with van der Waals surface area (Å²) in [6.07, 6.45) is 1.61. The van der Waals surface area contributed by atoms with Crippen LogP contribution in [0.15, 0.2) is 41.9 Å². The number of halogens is 1. The summed E-state index contributed by atoms with van der Waals surface area (Å²) < 4.78 is 13.6. The zero-order valence-electron chi connectivity index (χ0n) is 14.7. The fourth-order valence-electron chi connectivity index (χ4n) is 2.31. The minimum absolute atomic E-state index is 0.0470. The van der Waals surface area contributed by atoms with Gasteiger partial charge in [-0.05, 0) is 24.7 Å². The van der Waals surface area contributed by atoms with Crippen LogP contribution in [-0.2, 0) is 11.2 Å². The number of rotatable bonds is 8. The molecule has 2 heterocycles. The molecular formula is C18H19FN6OS. The van der Waals surface area contributed by atoms with E-state index in [1.165, 1.54) is 17.4 Å². The molecule has 3 aromatic rings. The Labute approximate surface area is 160 Å². The molecule has 0 unspecified atom stereocenters. The van der Waals surface area contributed by atoms with Crippen LogP contribution in [0.5, 0.6) is 0 Å². The van der Waals surface area contributed by atoms with Crippen molar-refractivity contribution in [2.75, 3.05) is 30.8 Å². The third kappa shape index (κ3) is 5.28. The van der Waals surface area contributed by atoms with Gasteiger partial charge in [-0.2, -0.15) is 0 Å². The maximum absolute atomic E-state index is 13.6. The van der Waals surface area contributed by atoms with Gasteiger partial charge in [0.05, 0.1) is 12.1 Å². The van der Waals surface area contributed by atoms with E-state index in [-0.39, 0.29) is 12.3 Å². The van der Waals surface area contributed by atoms with Crippen LogP contribution in [-0.4, -0.2) is 41.0 Å². The Hall–Kier alpha value is -2.91. The number of amides is 1. The summed E-state index contributed by atoms with van der Waals surface area (Å²) in [7, 11) is 1.87. The lowest BCUT2D eigenvalue weighted by molar-refractivity contribution is -0.115. The molecule has 0 fully saturated rings. The van der Waals surface area contributed by atoms with E-state index in [4.69, 9.17) is 0 Å². The van der Waals surface area contributed by atoms with E-state index in [0.29, 0.717) is 34.6 Å². The monoisotopic (exact) mass is 386 g/mol. The first-order valence-corrected chi connectivity index (χ1v) is 9.24. The highest BCUT2D eigenvalue weighted by Gasteiger charge is 2.12. The summed E-state index contributed by atoms with van der Waals surface area (Å²) in [5.41, 5.74) is 1.64. The van der Waals surface area contributed by atoms with Gasteiger partial charge in [-0.25, -0.2) is 19.3 Å². The number of nitrogens with one attached hydrogen (secondary N) is 3. The number of thiazole rings is 1. The van der Waals surface area contributed by atoms with Crippen LogP contribution in [0.2, 0.25) is 0 Å². The first kappa shape index (κ1) is 18.9. The van der Waals surface area contributed by atoms with E-state index >= 15 is 0 Å². The molecule has 0 saturated heterocycles. The van der Waals surface area contributed by atoms with Crippen LogP contribution in [0.25, 0.3) is 11.4 Å². The van der Waals surface area contributed by atoms with Crippen molar-refractivity contribution in [1.29, 1.82) is 0 Å². The highest BCUT2D eigenvalue weighted by molar-refractivity contribution is 7.14. The second-order valence-corrected chi connectivity index (χ2v) is 6.51. The quantitative estimate of drug-likeness (QED) is 0.516. The number of aromatic nitrogens is 3. The van der Waals surface area contributed by atoms with Gasteiger partial charge in [0.2, 0.25) is 11.9 Å². The van der Waals surface area contributed by atoms with Crippen LogP contribution >= 0.6 is 11.3 Å². The molecule has 1 amide bonds. The molecule has 1 aromatic carbocycles. The van der Waals surface area contributed by atoms with Gasteiger partial charge in [-0.3, -0.25) is 4.79 Å². The van der Waals surface area contributed by atoms with E-state index in [1.54, 1.807) is 35.8 Å². The third-order valence-corrected chi connectivity index (χ3v) is 4.39. The van der Waals surface area contributed by atoms with E-state index in [0.717, 1.165) is 6.54 Å². The predicted octanol–water partition coefficient (Wildman–Crippen LogP) is 2.55. The minimum Gasteiger partial charge on any atom is -0.353 e. The molecule has 9 heteroatoms. The summed E-state index contributed by atoms with van der Waals surface area (Å²) in [5, 5.41) is 11.1. The Bertz CT molecular complexity index is 916. The zero-order valence-corrected chi connectivity index (χ0v) is 15.5. The molecule has 0 aliphatic heterocycles. The van der Waals surface area contributed by atoms with Crippen molar-refractivity contribution < 1.29 is 9.18 Å². The van der Waals surface area contributed by atoms with Gasteiger partial charge in [0.25, 0.3) is 0 Å². The SMILES string of the molecule is CNCCNc1nccc(-c2csc(NC(=O)Cc3ccccc3F)n2)n1. The highest BCUT2D eigenvalue weighted by atomic mass is 32.1. The van der Waals surface area contributed by atoms with Crippen molar-refractivity contribution in [3.05, 3.63) is 53.3 Å². The number of benzene rings is 1. The fourth-order valence-corrected chi connectivity index (χ4v) is 3.03. The normalized spacial score (nSPS) is 10.6. The topological polar surface area (TPSA) is 91.8 Å². The molecule has 3 N–H and O–H groups in total. The molecule has 27 heavy (non-hydrogen) atoms. The van der Waals surface area contributed by atoms with Crippen LogP contribution in [0.1, 0.15) is 5.56 Å². The minimum atomic E-state index is -0.397. The highest BCUT2D eigenvalue weighted by Crippen LogP contribution is 2.24. The lowest BCUT2D eigenvalue weighted by atomic mass is 10.1. The fraction of sp³-hybridized carbons (Fsp3) is 0.222. The molecule has 0 spiro atoms. The summed E-state index contributed by atoms with van der Waals surface area (Å²) >= 11 is 1.29. The van der Waals surface area contributed by atoms with E-state index < -0.39 is 5.82 Å². The van der Waals surface area contributed by atoms with Gasteiger partial charge in [0.1, 0.15) is 11.5 Å². The van der Waals surface area contributed by atoms with Crippen LogP contribution < -0.4 is 16.0 Å². The van der Waals surface area contributed by atoms with E-state index in [1.807, 2.05) is 7.05 Å².